The SMILES string of the molecule is Clc1nc(OCC2CCCO2)nc(-n2cccn2)n1. The molecule has 1 saturated heterocycles. The molecule has 8 heteroatoms. The Labute approximate surface area is 114 Å². The van der Waals surface area contributed by atoms with Gasteiger partial charge in [0.15, 0.2) is 0 Å². The van der Waals surface area contributed by atoms with E-state index < -0.39 is 0 Å². The van der Waals surface area contributed by atoms with Crippen molar-refractivity contribution in [1.82, 2.24) is 24.7 Å². The maximum absolute atomic E-state index is 5.85. The highest BCUT2D eigenvalue weighted by atomic mass is 35.5. The number of hydrogen-bond acceptors (Lipinski definition) is 6. The summed E-state index contributed by atoms with van der Waals surface area (Å²) in [5.41, 5.74) is 0. The van der Waals surface area contributed by atoms with Gasteiger partial charge in [-0.15, -0.1) is 0 Å². The molecule has 1 fully saturated rings. The summed E-state index contributed by atoms with van der Waals surface area (Å²) in [6, 6.07) is 1.95. The molecule has 1 unspecified atom stereocenters. The monoisotopic (exact) mass is 281 g/mol. The second-order valence-electron chi connectivity index (χ2n) is 4.08. The third kappa shape index (κ3) is 2.99. The third-order valence-electron chi connectivity index (χ3n) is 2.71. The van der Waals surface area contributed by atoms with Gasteiger partial charge in [0.25, 0.3) is 5.95 Å². The molecule has 2 aromatic heterocycles. The molecule has 3 rings (SSSR count). The number of aromatic nitrogens is 5. The van der Waals surface area contributed by atoms with Gasteiger partial charge in [-0.3, -0.25) is 0 Å². The Morgan fingerprint density at radius 3 is 3.11 bits per heavy atom. The molecule has 1 atom stereocenters. The van der Waals surface area contributed by atoms with Gasteiger partial charge in [0.1, 0.15) is 6.61 Å². The van der Waals surface area contributed by atoms with E-state index in [0.29, 0.717) is 12.6 Å². The van der Waals surface area contributed by atoms with E-state index in [1.54, 1.807) is 18.5 Å². The van der Waals surface area contributed by atoms with Crippen molar-refractivity contribution in [2.45, 2.75) is 18.9 Å². The van der Waals surface area contributed by atoms with E-state index in [2.05, 4.69) is 20.1 Å². The topological polar surface area (TPSA) is 75.0 Å². The Morgan fingerprint density at radius 1 is 1.42 bits per heavy atom. The minimum atomic E-state index is 0.0721. The predicted octanol–water partition coefficient (Wildman–Crippen LogP) is 1.27. The van der Waals surface area contributed by atoms with Crippen molar-refractivity contribution in [3.63, 3.8) is 0 Å². The fourth-order valence-corrected chi connectivity index (χ4v) is 1.97. The Bertz CT molecular complexity index is 542. The molecule has 3 heterocycles. The molecule has 0 N–H and O–H groups in total. The fraction of sp³-hybridized carbons (Fsp3) is 0.455. The summed E-state index contributed by atoms with van der Waals surface area (Å²) in [6.45, 7) is 1.20. The maximum Gasteiger partial charge on any atom is 0.322 e. The van der Waals surface area contributed by atoms with E-state index in [1.165, 1.54) is 4.68 Å². The molecule has 100 valence electrons. The van der Waals surface area contributed by atoms with Crippen molar-refractivity contribution in [3.8, 4) is 12.0 Å². The van der Waals surface area contributed by atoms with Crippen molar-refractivity contribution in [1.29, 1.82) is 0 Å². The number of ether oxygens (including phenoxy) is 2. The van der Waals surface area contributed by atoms with Crippen molar-refractivity contribution < 1.29 is 9.47 Å². The zero-order valence-electron chi connectivity index (χ0n) is 10.1. The predicted molar refractivity (Wildman–Crippen MR) is 66.4 cm³/mol. The highest BCUT2D eigenvalue weighted by Gasteiger charge is 2.17. The zero-order valence-corrected chi connectivity index (χ0v) is 10.8. The number of nitrogens with zero attached hydrogens (tertiary/aromatic N) is 5. The number of halogens is 1. The van der Waals surface area contributed by atoms with Crippen LogP contribution in [0.15, 0.2) is 18.5 Å². The van der Waals surface area contributed by atoms with E-state index >= 15 is 0 Å². The van der Waals surface area contributed by atoms with Crippen LogP contribution >= 0.6 is 11.6 Å². The first-order valence-electron chi connectivity index (χ1n) is 5.97. The van der Waals surface area contributed by atoms with Crippen molar-refractivity contribution in [2.24, 2.45) is 0 Å². The van der Waals surface area contributed by atoms with Crippen LogP contribution in [0.1, 0.15) is 12.8 Å². The lowest BCUT2D eigenvalue weighted by molar-refractivity contribution is 0.0644. The molecular formula is C11H12ClN5O2. The summed E-state index contributed by atoms with van der Waals surface area (Å²) in [5.74, 6) is 0.326. The molecule has 0 saturated carbocycles. The van der Waals surface area contributed by atoms with Gasteiger partial charge in [-0.25, -0.2) is 4.68 Å². The molecule has 0 radical (unpaired) electrons. The molecule has 2 aromatic rings. The van der Waals surface area contributed by atoms with Crippen molar-refractivity contribution in [3.05, 3.63) is 23.7 Å². The first-order chi connectivity index (χ1) is 9.31. The van der Waals surface area contributed by atoms with Crippen LogP contribution in [-0.4, -0.2) is 44.1 Å². The number of rotatable bonds is 4. The van der Waals surface area contributed by atoms with Crippen LogP contribution in [0, 0.1) is 0 Å². The lowest BCUT2D eigenvalue weighted by atomic mass is 10.2. The quantitative estimate of drug-likeness (QED) is 0.840. The molecule has 0 amide bonds. The Hall–Kier alpha value is -1.73. The van der Waals surface area contributed by atoms with Gasteiger partial charge in [0.05, 0.1) is 6.10 Å². The zero-order chi connectivity index (χ0) is 13.1. The fourth-order valence-electron chi connectivity index (χ4n) is 1.82. The molecule has 0 aliphatic carbocycles. The highest BCUT2D eigenvalue weighted by Crippen LogP contribution is 2.15. The first-order valence-corrected chi connectivity index (χ1v) is 6.35. The Morgan fingerprint density at radius 2 is 2.37 bits per heavy atom. The lowest BCUT2D eigenvalue weighted by Crippen LogP contribution is -2.18. The van der Waals surface area contributed by atoms with Gasteiger partial charge >= 0.3 is 6.01 Å². The van der Waals surface area contributed by atoms with E-state index in [0.717, 1.165) is 19.4 Å². The lowest BCUT2D eigenvalue weighted by Gasteiger charge is -2.10. The average molecular weight is 282 g/mol. The average Bonchev–Trinajstić information content (AvgIpc) is 3.09. The van der Waals surface area contributed by atoms with Gasteiger partial charge in [0, 0.05) is 19.0 Å². The van der Waals surface area contributed by atoms with Gasteiger partial charge in [-0.2, -0.15) is 20.1 Å². The van der Waals surface area contributed by atoms with E-state index in [1.807, 2.05) is 0 Å². The van der Waals surface area contributed by atoms with Crippen molar-refractivity contribution >= 4 is 11.6 Å². The second kappa shape index (κ2) is 5.50. The van der Waals surface area contributed by atoms with Crippen LogP contribution in [0.5, 0.6) is 6.01 Å². The summed E-state index contributed by atoms with van der Waals surface area (Å²) in [6.07, 6.45) is 5.50. The van der Waals surface area contributed by atoms with Crippen molar-refractivity contribution in [2.75, 3.05) is 13.2 Å². The number of hydrogen-bond donors (Lipinski definition) is 0. The molecule has 1 aliphatic rings. The molecule has 0 spiro atoms. The second-order valence-corrected chi connectivity index (χ2v) is 4.42. The summed E-state index contributed by atoms with van der Waals surface area (Å²) in [5, 5.41) is 4.10. The Kier molecular flexibility index (Phi) is 3.56. The molecule has 1 aliphatic heterocycles. The molecule has 0 aromatic carbocycles. The summed E-state index contributed by atoms with van der Waals surface area (Å²) >= 11 is 5.85. The smallest absolute Gasteiger partial charge is 0.322 e. The summed E-state index contributed by atoms with van der Waals surface area (Å²) in [4.78, 5) is 12.1. The summed E-state index contributed by atoms with van der Waals surface area (Å²) in [7, 11) is 0. The minimum absolute atomic E-state index is 0.0721. The molecular weight excluding hydrogens is 270 g/mol. The Balaban J connectivity index is 1.74. The normalized spacial score (nSPS) is 18.7. The third-order valence-corrected chi connectivity index (χ3v) is 2.88. The van der Waals surface area contributed by atoms with Gasteiger partial charge in [0.2, 0.25) is 5.28 Å². The van der Waals surface area contributed by atoms with E-state index in [9.17, 15) is 0 Å². The maximum atomic E-state index is 5.85. The van der Waals surface area contributed by atoms with Crippen LogP contribution in [0.25, 0.3) is 5.95 Å². The van der Waals surface area contributed by atoms with E-state index in [-0.39, 0.29) is 17.4 Å². The first kappa shape index (κ1) is 12.3. The molecule has 19 heavy (non-hydrogen) atoms. The van der Waals surface area contributed by atoms with Crippen LogP contribution in [-0.2, 0) is 4.74 Å². The van der Waals surface area contributed by atoms with Crippen LogP contribution < -0.4 is 4.74 Å². The minimum Gasteiger partial charge on any atom is -0.461 e. The van der Waals surface area contributed by atoms with E-state index in [4.69, 9.17) is 21.1 Å². The van der Waals surface area contributed by atoms with Gasteiger partial charge in [-0.05, 0) is 30.5 Å². The van der Waals surface area contributed by atoms with Crippen LogP contribution in [0.2, 0.25) is 5.28 Å². The highest BCUT2D eigenvalue weighted by molar-refractivity contribution is 6.28. The molecule has 0 bridgehead atoms. The van der Waals surface area contributed by atoms with Gasteiger partial charge < -0.3 is 9.47 Å². The largest absolute Gasteiger partial charge is 0.461 e. The van der Waals surface area contributed by atoms with Gasteiger partial charge in [-0.1, -0.05) is 0 Å². The van der Waals surface area contributed by atoms with Crippen LogP contribution in [0.3, 0.4) is 0 Å². The molecule has 7 nitrogen and oxygen atoms in total. The summed E-state index contributed by atoms with van der Waals surface area (Å²) < 4.78 is 12.4. The van der Waals surface area contributed by atoms with Crippen LogP contribution in [0.4, 0.5) is 0 Å². The standard InChI is InChI=1S/C11H12ClN5O2/c12-9-14-10(17-5-2-4-13-17)16-11(15-9)19-7-8-3-1-6-18-8/h2,4-5,8H,1,3,6-7H2.